The van der Waals surface area contributed by atoms with E-state index >= 15 is 0 Å². The number of carbonyl (C=O) groups is 2. The number of anilines is 1. The molecule has 1 N–H and O–H groups in total. The van der Waals surface area contributed by atoms with Crippen molar-refractivity contribution >= 4 is 39.9 Å². The van der Waals surface area contributed by atoms with E-state index in [0.717, 1.165) is 30.4 Å². The van der Waals surface area contributed by atoms with Gasteiger partial charge in [-0.05, 0) is 78.4 Å². The van der Waals surface area contributed by atoms with Gasteiger partial charge in [0.2, 0.25) is 0 Å². The summed E-state index contributed by atoms with van der Waals surface area (Å²) < 4.78 is 13.7. The van der Waals surface area contributed by atoms with Crippen LogP contribution in [0.5, 0.6) is 0 Å². The van der Waals surface area contributed by atoms with Gasteiger partial charge in [-0.2, -0.15) is 0 Å². The SMILES string of the molecule is O=C(N[C@H]1CCCc2ccccc21)c1ccc2c(c1)N(Cc1cccc(Cl)c1)C(=O)c1ccccc1[S@@]2=O. The van der Waals surface area contributed by atoms with Gasteiger partial charge < -0.3 is 10.2 Å². The first-order valence-corrected chi connectivity index (χ1v) is 14.1. The summed E-state index contributed by atoms with van der Waals surface area (Å²) in [6.07, 6.45) is 2.88. The van der Waals surface area contributed by atoms with Crippen molar-refractivity contribution in [2.45, 2.75) is 41.6 Å². The maximum absolute atomic E-state index is 13.8. The number of nitrogens with one attached hydrogen (secondary N) is 1. The first-order chi connectivity index (χ1) is 18.5. The summed E-state index contributed by atoms with van der Waals surface area (Å²) in [5.41, 5.74) is 4.50. The van der Waals surface area contributed by atoms with Crippen LogP contribution >= 0.6 is 11.6 Å². The third-order valence-corrected chi connectivity index (χ3v) is 8.91. The Labute approximate surface area is 228 Å². The van der Waals surface area contributed by atoms with E-state index < -0.39 is 10.8 Å². The highest BCUT2D eigenvalue weighted by atomic mass is 35.5. The fraction of sp³-hybridized carbons (Fsp3) is 0.161. The Kier molecular flexibility index (Phi) is 6.60. The topological polar surface area (TPSA) is 66.5 Å². The zero-order valence-electron chi connectivity index (χ0n) is 20.5. The molecule has 4 aromatic rings. The number of fused-ring (bicyclic) bond motifs is 3. The van der Waals surface area contributed by atoms with Crippen LogP contribution in [0.1, 0.15) is 56.3 Å². The minimum absolute atomic E-state index is 0.0751. The number of rotatable bonds is 4. The lowest BCUT2D eigenvalue weighted by atomic mass is 9.87. The van der Waals surface area contributed by atoms with Gasteiger partial charge in [0.15, 0.2) is 0 Å². The molecule has 4 aromatic carbocycles. The monoisotopic (exact) mass is 540 g/mol. The van der Waals surface area contributed by atoms with Crippen LogP contribution in [0.2, 0.25) is 5.02 Å². The Bertz CT molecular complexity index is 1600. The van der Waals surface area contributed by atoms with Crippen molar-refractivity contribution in [2.75, 3.05) is 4.90 Å². The summed E-state index contributed by atoms with van der Waals surface area (Å²) in [6, 6.07) is 27.5. The summed E-state index contributed by atoms with van der Waals surface area (Å²) in [5, 5.41) is 3.75. The summed E-state index contributed by atoms with van der Waals surface area (Å²) in [7, 11) is -1.59. The largest absolute Gasteiger partial charge is 0.345 e. The molecular formula is C31H25ClN2O3S. The maximum Gasteiger partial charge on any atom is 0.259 e. The second-order valence-corrected chi connectivity index (χ2v) is 11.4. The molecule has 0 saturated heterocycles. The second kappa shape index (κ2) is 10.2. The maximum atomic E-state index is 13.8. The minimum atomic E-state index is -1.59. The van der Waals surface area contributed by atoms with E-state index in [0.29, 0.717) is 31.6 Å². The molecule has 2 amide bonds. The van der Waals surface area contributed by atoms with Crippen molar-refractivity contribution in [1.29, 1.82) is 0 Å². The van der Waals surface area contributed by atoms with Crippen molar-refractivity contribution < 1.29 is 13.8 Å². The molecule has 2 atom stereocenters. The zero-order chi connectivity index (χ0) is 26.2. The normalized spacial score (nSPS) is 18.1. The second-order valence-electron chi connectivity index (χ2n) is 9.59. The average molecular weight is 541 g/mol. The molecule has 1 heterocycles. The van der Waals surface area contributed by atoms with Crippen molar-refractivity contribution in [3.63, 3.8) is 0 Å². The first-order valence-electron chi connectivity index (χ1n) is 12.6. The van der Waals surface area contributed by atoms with Gasteiger partial charge in [-0.3, -0.25) is 9.59 Å². The minimum Gasteiger partial charge on any atom is -0.345 e. The van der Waals surface area contributed by atoms with Crippen LogP contribution in [0, 0.1) is 0 Å². The lowest BCUT2D eigenvalue weighted by Crippen LogP contribution is -2.32. The lowest BCUT2D eigenvalue weighted by Gasteiger charge is -2.27. The van der Waals surface area contributed by atoms with E-state index in [-0.39, 0.29) is 24.4 Å². The van der Waals surface area contributed by atoms with Crippen LogP contribution in [0.15, 0.2) is 101 Å². The predicted octanol–water partition coefficient (Wildman–Crippen LogP) is 6.47. The van der Waals surface area contributed by atoms with Crippen LogP contribution in [0.25, 0.3) is 0 Å². The van der Waals surface area contributed by atoms with E-state index in [1.165, 1.54) is 5.56 Å². The third kappa shape index (κ3) is 4.55. The Morgan fingerprint density at radius 1 is 0.947 bits per heavy atom. The molecular weight excluding hydrogens is 516 g/mol. The van der Waals surface area contributed by atoms with E-state index in [2.05, 4.69) is 17.4 Å². The molecule has 1 aliphatic heterocycles. The molecule has 1 aliphatic carbocycles. The van der Waals surface area contributed by atoms with Crippen LogP contribution < -0.4 is 10.2 Å². The van der Waals surface area contributed by atoms with Gasteiger partial charge in [0.1, 0.15) is 0 Å². The molecule has 2 aliphatic rings. The molecule has 0 saturated carbocycles. The van der Waals surface area contributed by atoms with Gasteiger partial charge in [0.05, 0.1) is 44.4 Å². The van der Waals surface area contributed by atoms with Gasteiger partial charge in [0, 0.05) is 10.6 Å². The summed E-state index contributed by atoms with van der Waals surface area (Å²) in [6.45, 7) is 0.221. The van der Waals surface area contributed by atoms with Gasteiger partial charge in [-0.1, -0.05) is 60.1 Å². The van der Waals surface area contributed by atoms with Gasteiger partial charge in [-0.15, -0.1) is 0 Å². The number of amides is 2. The average Bonchev–Trinajstić information content (AvgIpc) is 3.02. The molecule has 5 nitrogen and oxygen atoms in total. The molecule has 0 radical (unpaired) electrons. The van der Waals surface area contributed by atoms with Crippen LogP contribution in [0.3, 0.4) is 0 Å². The number of hydrogen-bond acceptors (Lipinski definition) is 3. The highest BCUT2D eigenvalue weighted by Gasteiger charge is 2.32. The van der Waals surface area contributed by atoms with E-state index in [1.54, 1.807) is 59.5 Å². The van der Waals surface area contributed by atoms with Crippen molar-refractivity contribution in [1.82, 2.24) is 5.32 Å². The molecule has 7 heteroatoms. The Morgan fingerprint density at radius 3 is 2.63 bits per heavy atom. The Morgan fingerprint density at radius 2 is 1.76 bits per heavy atom. The van der Waals surface area contributed by atoms with Gasteiger partial charge in [0.25, 0.3) is 11.8 Å². The van der Waals surface area contributed by atoms with Crippen LogP contribution in [-0.2, 0) is 23.8 Å². The quantitative estimate of drug-likeness (QED) is 0.322. The van der Waals surface area contributed by atoms with Crippen LogP contribution in [0.4, 0.5) is 5.69 Å². The highest BCUT2D eigenvalue weighted by Crippen LogP contribution is 2.37. The van der Waals surface area contributed by atoms with Crippen LogP contribution in [-0.4, -0.2) is 16.0 Å². The number of carbonyl (C=O) groups excluding carboxylic acids is 2. The molecule has 0 unspecified atom stereocenters. The number of hydrogen-bond donors (Lipinski definition) is 1. The fourth-order valence-electron chi connectivity index (χ4n) is 5.32. The number of aryl methyl sites for hydroxylation is 1. The molecule has 0 spiro atoms. The summed E-state index contributed by atoms with van der Waals surface area (Å²) >= 11 is 6.23. The van der Waals surface area contributed by atoms with E-state index in [4.69, 9.17) is 11.6 Å². The smallest absolute Gasteiger partial charge is 0.259 e. The fourth-order valence-corrected chi connectivity index (χ4v) is 6.88. The van der Waals surface area contributed by atoms with Crippen molar-refractivity contribution in [3.05, 3.63) is 124 Å². The van der Waals surface area contributed by atoms with Crippen molar-refractivity contribution in [3.8, 4) is 0 Å². The standard InChI is InChI=1S/C31H25ClN2O3S/c32-23-10-5-7-20(17-23)19-34-27-18-22(30(35)33-26-13-6-9-21-8-1-2-11-24(21)26)15-16-29(27)38(37)28-14-4-3-12-25(28)31(34)36/h1-5,7-8,10-12,14-18,26H,6,9,13,19H2,(H,33,35)/t26-,38-/m0/s1. The van der Waals surface area contributed by atoms with E-state index in [1.807, 2.05) is 24.3 Å². The number of nitrogens with zero attached hydrogens (tertiary/aromatic N) is 1. The number of halogens is 1. The lowest BCUT2D eigenvalue weighted by molar-refractivity contribution is 0.0930. The molecule has 0 aromatic heterocycles. The summed E-state index contributed by atoms with van der Waals surface area (Å²) in [5.74, 6) is -0.497. The molecule has 0 bridgehead atoms. The Hall–Kier alpha value is -3.74. The molecule has 6 rings (SSSR count). The van der Waals surface area contributed by atoms with E-state index in [9.17, 15) is 13.8 Å². The number of benzene rings is 4. The third-order valence-electron chi connectivity index (χ3n) is 7.18. The summed E-state index contributed by atoms with van der Waals surface area (Å²) in [4.78, 5) is 29.9. The van der Waals surface area contributed by atoms with Gasteiger partial charge >= 0.3 is 0 Å². The highest BCUT2D eigenvalue weighted by molar-refractivity contribution is 7.85. The van der Waals surface area contributed by atoms with Crippen molar-refractivity contribution in [2.24, 2.45) is 0 Å². The zero-order valence-corrected chi connectivity index (χ0v) is 22.1. The molecule has 0 fully saturated rings. The van der Waals surface area contributed by atoms with Gasteiger partial charge in [-0.25, -0.2) is 4.21 Å². The molecule has 190 valence electrons. The first kappa shape index (κ1) is 24.6. The predicted molar refractivity (Wildman–Crippen MR) is 149 cm³/mol. The molecule has 38 heavy (non-hydrogen) atoms. The Balaban J connectivity index is 1.40.